The van der Waals surface area contributed by atoms with Crippen molar-refractivity contribution in [3.63, 3.8) is 0 Å². The quantitative estimate of drug-likeness (QED) is 0.868. The second-order valence-electron chi connectivity index (χ2n) is 5.39. The Balaban J connectivity index is 1.91. The molecular weight excluding hydrogens is 214 g/mol. The number of rotatable bonds is 4. The van der Waals surface area contributed by atoms with E-state index in [4.69, 9.17) is 10.5 Å². The van der Waals surface area contributed by atoms with Crippen molar-refractivity contribution < 1.29 is 4.74 Å². The summed E-state index contributed by atoms with van der Waals surface area (Å²) >= 11 is 0. The lowest BCUT2D eigenvalue weighted by Crippen LogP contribution is -2.33. The highest BCUT2D eigenvalue weighted by Gasteiger charge is 2.27. The Hall–Kier alpha value is -0.870. The second-order valence-corrected chi connectivity index (χ2v) is 5.39. The summed E-state index contributed by atoms with van der Waals surface area (Å²) in [4.78, 5) is 0. The first-order valence-electron chi connectivity index (χ1n) is 6.47. The van der Waals surface area contributed by atoms with Crippen LogP contribution in [0.1, 0.15) is 38.9 Å². The molecule has 1 aromatic rings. The molecule has 2 rings (SSSR count). The van der Waals surface area contributed by atoms with Gasteiger partial charge >= 0.3 is 0 Å². The summed E-state index contributed by atoms with van der Waals surface area (Å²) in [5.74, 6) is 0.481. The predicted molar refractivity (Wildman–Crippen MR) is 67.8 cm³/mol. The summed E-state index contributed by atoms with van der Waals surface area (Å²) in [5.41, 5.74) is 7.32. The molecule has 17 heavy (non-hydrogen) atoms. The van der Waals surface area contributed by atoms with Crippen LogP contribution >= 0.6 is 0 Å². The third-order valence-corrected chi connectivity index (χ3v) is 3.47. The van der Waals surface area contributed by atoms with Gasteiger partial charge in [-0.1, -0.05) is 0 Å². The van der Waals surface area contributed by atoms with Crippen LogP contribution in [0.5, 0.6) is 0 Å². The maximum atomic E-state index is 6.23. The number of aromatic nitrogens is 2. The minimum absolute atomic E-state index is 0.162. The lowest BCUT2D eigenvalue weighted by atomic mass is 9.94. The van der Waals surface area contributed by atoms with E-state index in [2.05, 4.69) is 31.9 Å². The molecular formula is C13H23N3O. The first-order chi connectivity index (χ1) is 8.06. The number of nitrogens with two attached hydrogens (primary N) is 1. The number of ether oxygens (including phenoxy) is 1. The topological polar surface area (TPSA) is 53.1 Å². The van der Waals surface area contributed by atoms with Gasteiger partial charge in [-0.05, 0) is 33.3 Å². The van der Waals surface area contributed by atoms with Gasteiger partial charge in [-0.2, -0.15) is 5.10 Å². The molecule has 1 fully saturated rings. The number of nitrogens with zero attached hydrogens (tertiary/aromatic N) is 2. The van der Waals surface area contributed by atoms with Crippen molar-refractivity contribution in [1.82, 2.24) is 9.78 Å². The molecule has 4 heteroatoms. The zero-order chi connectivity index (χ0) is 12.4. The van der Waals surface area contributed by atoms with E-state index in [1.807, 2.05) is 10.9 Å². The zero-order valence-electron chi connectivity index (χ0n) is 11.0. The average Bonchev–Trinajstić information content (AvgIpc) is 2.86. The highest BCUT2D eigenvalue weighted by atomic mass is 16.5. The normalized spacial score (nSPS) is 26.6. The Morgan fingerprint density at radius 1 is 1.59 bits per heavy atom. The van der Waals surface area contributed by atoms with Crippen LogP contribution in [0, 0.1) is 5.92 Å². The molecule has 0 radical (unpaired) electrons. The van der Waals surface area contributed by atoms with Crippen molar-refractivity contribution in [3.8, 4) is 0 Å². The lowest BCUT2D eigenvalue weighted by molar-refractivity contribution is 0.118. The Bertz CT molecular complexity index is 361. The molecule has 0 amide bonds. The molecule has 4 nitrogen and oxygen atoms in total. The summed E-state index contributed by atoms with van der Waals surface area (Å²) in [7, 11) is 0. The molecule has 0 saturated carbocycles. The molecule has 96 valence electrons. The Kier molecular flexibility index (Phi) is 3.84. The van der Waals surface area contributed by atoms with Crippen LogP contribution in [0.2, 0.25) is 0 Å². The first-order valence-corrected chi connectivity index (χ1v) is 6.47. The molecule has 0 spiro atoms. The molecule has 3 atom stereocenters. The summed E-state index contributed by atoms with van der Waals surface area (Å²) in [6.07, 6.45) is 4.31. The Labute approximate surface area is 103 Å². The van der Waals surface area contributed by atoms with Crippen LogP contribution < -0.4 is 5.73 Å². The van der Waals surface area contributed by atoms with Gasteiger partial charge in [0, 0.05) is 30.6 Å². The average molecular weight is 237 g/mol. The van der Waals surface area contributed by atoms with Crippen LogP contribution in [0.15, 0.2) is 12.3 Å². The smallest absolute Gasteiger partial charge is 0.0640 e. The van der Waals surface area contributed by atoms with E-state index >= 15 is 0 Å². The second kappa shape index (κ2) is 5.19. The van der Waals surface area contributed by atoms with Gasteiger partial charge < -0.3 is 10.5 Å². The summed E-state index contributed by atoms with van der Waals surface area (Å²) in [5, 5.41) is 4.54. The molecule has 1 saturated heterocycles. The maximum Gasteiger partial charge on any atom is 0.0640 e. The molecule has 0 aromatic carbocycles. The van der Waals surface area contributed by atoms with Crippen molar-refractivity contribution in [3.05, 3.63) is 18.0 Å². The van der Waals surface area contributed by atoms with Crippen molar-refractivity contribution in [2.75, 3.05) is 6.61 Å². The molecule has 0 aliphatic carbocycles. The van der Waals surface area contributed by atoms with Gasteiger partial charge in [-0.15, -0.1) is 0 Å². The maximum absolute atomic E-state index is 6.23. The van der Waals surface area contributed by atoms with Crippen molar-refractivity contribution >= 4 is 0 Å². The third-order valence-electron chi connectivity index (χ3n) is 3.47. The highest BCUT2D eigenvalue weighted by molar-refractivity contribution is 5.03. The van der Waals surface area contributed by atoms with Gasteiger partial charge in [-0.25, -0.2) is 0 Å². The van der Waals surface area contributed by atoms with Gasteiger partial charge in [0.2, 0.25) is 0 Å². The molecule has 1 aliphatic rings. The minimum Gasteiger partial charge on any atom is -0.378 e. The van der Waals surface area contributed by atoms with Gasteiger partial charge in [0.15, 0.2) is 0 Å². The highest BCUT2D eigenvalue weighted by Crippen LogP contribution is 2.23. The van der Waals surface area contributed by atoms with E-state index in [1.54, 1.807) is 0 Å². The van der Waals surface area contributed by atoms with E-state index in [0.29, 0.717) is 18.1 Å². The Morgan fingerprint density at radius 3 is 2.88 bits per heavy atom. The standard InChI is InChI=1S/C13H23N3O/c1-9(2)16-5-4-12(15-16)7-13(14)11-6-10(3)17-8-11/h4-5,9-11,13H,6-8,14H2,1-3H3. The molecule has 2 heterocycles. The van der Waals surface area contributed by atoms with Gasteiger partial charge in [0.05, 0.1) is 18.4 Å². The van der Waals surface area contributed by atoms with Gasteiger partial charge in [-0.3, -0.25) is 4.68 Å². The summed E-state index contributed by atoms with van der Waals surface area (Å²) in [6.45, 7) is 7.17. The molecule has 1 aromatic heterocycles. The van der Waals surface area contributed by atoms with Crippen molar-refractivity contribution in [2.45, 2.75) is 51.8 Å². The SMILES string of the molecule is CC1CC(C(N)Cc2ccn(C(C)C)n2)CO1. The zero-order valence-corrected chi connectivity index (χ0v) is 11.0. The number of hydrogen-bond donors (Lipinski definition) is 1. The van der Waals surface area contributed by atoms with E-state index in [-0.39, 0.29) is 6.04 Å². The van der Waals surface area contributed by atoms with Crippen LogP contribution in [-0.2, 0) is 11.2 Å². The monoisotopic (exact) mass is 237 g/mol. The van der Waals surface area contributed by atoms with Crippen LogP contribution in [0.25, 0.3) is 0 Å². The van der Waals surface area contributed by atoms with Crippen LogP contribution in [0.3, 0.4) is 0 Å². The molecule has 3 unspecified atom stereocenters. The van der Waals surface area contributed by atoms with E-state index in [0.717, 1.165) is 25.1 Å². The predicted octanol–water partition coefficient (Wildman–Crippen LogP) is 1.76. The lowest BCUT2D eigenvalue weighted by Gasteiger charge is -2.16. The summed E-state index contributed by atoms with van der Waals surface area (Å²) < 4.78 is 7.54. The van der Waals surface area contributed by atoms with Gasteiger partial charge in [0.25, 0.3) is 0 Å². The van der Waals surface area contributed by atoms with E-state index in [9.17, 15) is 0 Å². The molecule has 2 N–H and O–H groups in total. The fourth-order valence-corrected chi connectivity index (χ4v) is 2.33. The van der Waals surface area contributed by atoms with Crippen LogP contribution in [0.4, 0.5) is 0 Å². The summed E-state index contributed by atoms with van der Waals surface area (Å²) in [6, 6.07) is 2.64. The first kappa shape index (κ1) is 12.6. The Morgan fingerprint density at radius 2 is 2.35 bits per heavy atom. The fraction of sp³-hybridized carbons (Fsp3) is 0.769. The minimum atomic E-state index is 0.162. The van der Waals surface area contributed by atoms with Gasteiger partial charge in [0.1, 0.15) is 0 Å². The van der Waals surface area contributed by atoms with Crippen molar-refractivity contribution in [2.24, 2.45) is 11.7 Å². The molecule has 0 bridgehead atoms. The fourth-order valence-electron chi connectivity index (χ4n) is 2.33. The van der Waals surface area contributed by atoms with E-state index in [1.165, 1.54) is 0 Å². The number of hydrogen-bond acceptors (Lipinski definition) is 3. The van der Waals surface area contributed by atoms with Crippen molar-refractivity contribution in [1.29, 1.82) is 0 Å². The largest absolute Gasteiger partial charge is 0.378 e. The van der Waals surface area contributed by atoms with E-state index < -0.39 is 0 Å². The van der Waals surface area contributed by atoms with Crippen LogP contribution in [-0.4, -0.2) is 28.5 Å². The third kappa shape index (κ3) is 3.07. The molecule has 1 aliphatic heterocycles.